The molecule has 2 aromatic carbocycles. The molecule has 3 N–H and O–H groups in total. The van der Waals surface area contributed by atoms with Crippen LogP contribution >= 0.6 is 24.4 Å². The normalized spacial score (nSPS) is 11.2. The van der Waals surface area contributed by atoms with Gasteiger partial charge in [-0.2, -0.15) is 0 Å². The standard InChI is InChI=1S/C24H29N3O2S.C19H21N3S/c1-24(2,3)29-23(28)27(4)19-7-5-6-17(16-19)8-10-20(30)11-9-18-12-14-25-22-21(18)13-15-26-22;1-20-16-4-2-3-14(13-16)5-7-17(23)8-6-15-9-11-21-19-18(15)10-12-22-19/h5-7,12-16H,8-11H2,1-4H3,(H,25,26);2-4,9-13,20H,5-8H2,1H3,(H,21,22). The van der Waals surface area contributed by atoms with Crippen LogP contribution in [-0.4, -0.2) is 55.5 Å². The maximum Gasteiger partial charge on any atom is 0.414 e. The van der Waals surface area contributed by atoms with Crippen molar-refractivity contribution < 1.29 is 9.53 Å². The molecule has 6 aromatic rings. The van der Waals surface area contributed by atoms with Crippen LogP contribution in [0.5, 0.6) is 0 Å². The fraction of sp³-hybridized carbons (Fsp3) is 0.326. The van der Waals surface area contributed by atoms with Crippen LogP contribution in [0.2, 0.25) is 0 Å². The lowest BCUT2D eigenvalue weighted by molar-refractivity contribution is 0.0589. The van der Waals surface area contributed by atoms with E-state index in [2.05, 4.69) is 79.9 Å². The third kappa shape index (κ3) is 11.8. The van der Waals surface area contributed by atoms with Gasteiger partial charge in [0.25, 0.3) is 0 Å². The van der Waals surface area contributed by atoms with Crippen molar-refractivity contribution in [1.29, 1.82) is 0 Å². The molecule has 0 saturated carbocycles. The summed E-state index contributed by atoms with van der Waals surface area (Å²) < 4.78 is 5.45. The number of anilines is 2. The predicted molar refractivity (Wildman–Crippen MR) is 228 cm³/mol. The number of ether oxygens (including phenoxy) is 1. The molecule has 0 fully saturated rings. The molecule has 53 heavy (non-hydrogen) atoms. The molecular weight excluding hydrogens is 697 g/mol. The van der Waals surface area contributed by atoms with Gasteiger partial charge in [-0.05, 0) is 153 Å². The number of rotatable bonds is 14. The number of amides is 1. The minimum Gasteiger partial charge on any atom is -0.443 e. The number of aromatic nitrogens is 4. The number of aromatic amines is 2. The van der Waals surface area contributed by atoms with E-state index in [1.54, 1.807) is 11.9 Å². The molecule has 0 aliphatic carbocycles. The van der Waals surface area contributed by atoms with Crippen LogP contribution in [-0.2, 0) is 30.4 Å². The SMILES string of the molecule is CN(C(=O)OC(C)(C)C)c1cccc(CCC(=S)CCc2ccnc3[nH]ccc23)c1.CNc1cccc(CCC(=S)CCc2ccnc3[nH]ccc23)c1. The molecule has 4 heterocycles. The van der Waals surface area contributed by atoms with E-state index in [-0.39, 0.29) is 6.09 Å². The summed E-state index contributed by atoms with van der Waals surface area (Å²) in [6, 6.07) is 24.8. The minimum atomic E-state index is -0.518. The Bertz CT molecular complexity index is 2150. The van der Waals surface area contributed by atoms with E-state index in [1.165, 1.54) is 22.1 Å². The van der Waals surface area contributed by atoms with Crippen molar-refractivity contribution in [2.45, 2.75) is 77.7 Å². The molecule has 276 valence electrons. The van der Waals surface area contributed by atoms with Gasteiger partial charge in [0.1, 0.15) is 16.9 Å². The first-order chi connectivity index (χ1) is 25.5. The van der Waals surface area contributed by atoms with E-state index in [0.29, 0.717) is 0 Å². The molecule has 0 spiro atoms. The topological polar surface area (TPSA) is 98.9 Å². The monoisotopic (exact) mass is 746 g/mol. The summed E-state index contributed by atoms with van der Waals surface area (Å²) in [5.74, 6) is 0. The average Bonchev–Trinajstić information content (AvgIpc) is 3.85. The Morgan fingerprint density at radius 2 is 1.25 bits per heavy atom. The lowest BCUT2D eigenvalue weighted by Gasteiger charge is -2.25. The number of benzene rings is 2. The highest BCUT2D eigenvalue weighted by atomic mass is 32.1. The molecule has 8 nitrogen and oxygen atoms in total. The number of carbonyl (C=O) groups excluding carboxylic acids is 1. The summed E-state index contributed by atoms with van der Waals surface area (Å²) in [7, 11) is 3.68. The highest BCUT2D eigenvalue weighted by molar-refractivity contribution is 7.80. The molecule has 0 radical (unpaired) electrons. The second-order valence-electron chi connectivity index (χ2n) is 14.2. The van der Waals surface area contributed by atoms with Gasteiger partial charge in [0, 0.05) is 61.0 Å². The summed E-state index contributed by atoms with van der Waals surface area (Å²) in [5.41, 5.74) is 8.40. The van der Waals surface area contributed by atoms with Crippen LogP contribution in [0.15, 0.2) is 97.6 Å². The first-order valence-electron chi connectivity index (χ1n) is 18.2. The smallest absolute Gasteiger partial charge is 0.414 e. The van der Waals surface area contributed by atoms with E-state index in [1.807, 2.05) is 70.8 Å². The summed E-state index contributed by atoms with van der Waals surface area (Å²) in [4.78, 5) is 31.0. The highest BCUT2D eigenvalue weighted by Gasteiger charge is 2.20. The van der Waals surface area contributed by atoms with Crippen LogP contribution < -0.4 is 10.2 Å². The average molecular weight is 747 g/mol. The number of hydrogen-bond donors (Lipinski definition) is 3. The molecule has 4 aromatic heterocycles. The van der Waals surface area contributed by atoms with Gasteiger partial charge in [0.15, 0.2) is 0 Å². The number of carbonyl (C=O) groups is 1. The van der Waals surface area contributed by atoms with E-state index < -0.39 is 5.60 Å². The van der Waals surface area contributed by atoms with Crippen molar-refractivity contribution in [3.63, 3.8) is 0 Å². The minimum absolute atomic E-state index is 0.358. The van der Waals surface area contributed by atoms with Crippen LogP contribution in [0.3, 0.4) is 0 Å². The summed E-state index contributed by atoms with van der Waals surface area (Å²) in [6.45, 7) is 5.59. The zero-order chi connectivity index (χ0) is 37.8. The molecule has 10 heteroatoms. The molecule has 1 amide bonds. The van der Waals surface area contributed by atoms with Crippen molar-refractivity contribution in [2.75, 3.05) is 24.3 Å². The molecular formula is C43H50N6O2S2. The van der Waals surface area contributed by atoms with Crippen molar-refractivity contribution in [1.82, 2.24) is 19.9 Å². The highest BCUT2D eigenvalue weighted by Crippen LogP contribution is 2.22. The summed E-state index contributed by atoms with van der Waals surface area (Å²) in [5, 5.41) is 5.54. The second-order valence-corrected chi connectivity index (χ2v) is 15.3. The number of aryl methyl sites for hydroxylation is 4. The van der Waals surface area contributed by atoms with Crippen LogP contribution in [0, 0.1) is 0 Å². The van der Waals surface area contributed by atoms with Gasteiger partial charge < -0.3 is 20.0 Å². The van der Waals surface area contributed by atoms with Crippen LogP contribution in [0.1, 0.15) is 68.7 Å². The predicted octanol–water partition coefficient (Wildman–Crippen LogP) is 10.4. The Morgan fingerprint density at radius 3 is 1.77 bits per heavy atom. The van der Waals surface area contributed by atoms with Crippen LogP contribution in [0.25, 0.3) is 22.1 Å². The van der Waals surface area contributed by atoms with Crippen molar-refractivity contribution in [2.24, 2.45) is 0 Å². The first-order valence-corrected chi connectivity index (χ1v) is 19.0. The van der Waals surface area contributed by atoms with Crippen molar-refractivity contribution >= 4 is 73.7 Å². The van der Waals surface area contributed by atoms with Crippen molar-refractivity contribution in [3.05, 3.63) is 120 Å². The number of hydrogen-bond acceptors (Lipinski definition) is 7. The molecule has 0 unspecified atom stereocenters. The van der Waals surface area contributed by atoms with Gasteiger partial charge in [0.05, 0.1) is 0 Å². The van der Waals surface area contributed by atoms with E-state index in [4.69, 9.17) is 29.2 Å². The quantitative estimate of drug-likeness (QED) is 0.0955. The van der Waals surface area contributed by atoms with E-state index in [9.17, 15) is 4.79 Å². The Balaban J connectivity index is 0.000000211. The number of nitrogens with zero attached hydrogens (tertiary/aromatic N) is 3. The third-order valence-corrected chi connectivity index (χ3v) is 9.83. The number of fused-ring (bicyclic) bond motifs is 2. The molecule has 0 atom stereocenters. The van der Waals surface area contributed by atoms with Gasteiger partial charge in [-0.15, -0.1) is 0 Å². The fourth-order valence-electron chi connectivity index (χ4n) is 6.08. The largest absolute Gasteiger partial charge is 0.443 e. The zero-order valence-electron chi connectivity index (χ0n) is 31.4. The molecule has 0 bridgehead atoms. The maximum absolute atomic E-state index is 12.3. The van der Waals surface area contributed by atoms with Crippen molar-refractivity contribution in [3.8, 4) is 0 Å². The fourth-order valence-corrected chi connectivity index (χ4v) is 6.48. The van der Waals surface area contributed by atoms with E-state index >= 15 is 0 Å². The molecule has 0 aliphatic heterocycles. The number of nitrogens with one attached hydrogen (secondary N) is 3. The van der Waals surface area contributed by atoms with Gasteiger partial charge in [-0.1, -0.05) is 48.7 Å². The van der Waals surface area contributed by atoms with Gasteiger partial charge >= 0.3 is 6.09 Å². The molecule has 0 aliphatic rings. The summed E-state index contributed by atoms with van der Waals surface area (Å²) in [6.07, 6.45) is 14.6. The number of H-pyrrole nitrogens is 2. The first kappa shape index (κ1) is 39.3. The molecule has 0 saturated heterocycles. The Hall–Kier alpha value is -4.93. The van der Waals surface area contributed by atoms with Gasteiger partial charge in [-0.3, -0.25) is 4.90 Å². The second kappa shape index (κ2) is 18.7. The van der Waals surface area contributed by atoms with Gasteiger partial charge in [0.2, 0.25) is 0 Å². The lowest BCUT2D eigenvalue weighted by atomic mass is 10.0. The molecule has 6 rings (SSSR count). The Morgan fingerprint density at radius 1 is 0.736 bits per heavy atom. The zero-order valence-corrected chi connectivity index (χ0v) is 33.0. The van der Waals surface area contributed by atoms with Crippen LogP contribution in [0.4, 0.5) is 16.2 Å². The van der Waals surface area contributed by atoms with E-state index in [0.717, 1.165) is 94.7 Å². The maximum atomic E-state index is 12.3. The third-order valence-electron chi connectivity index (χ3n) is 9.01. The lowest BCUT2D eigenvalue weighted by Crippen LogP contribution is -2.34. The number of thiocarbonyl (C=S) groups is 2. The Kier molecular flexibility index (Phi) is 13.9. The summed E-state index contributed by atoms with van der Waals surface area (Å²) >= 11 is 11.2. The number of pyridine rings is 2. The Labute approximate surface area is 323 Å². The van der Waals surface area contributed by atoms with Gasteiger partial charge in [-0.25, -0.2) is 14.8 Å².